The molecule has 2 aromatic rings. The summed E-state index contributed by atoms with van der Waals surface area (Å²) in [4.78, 5) is 13.0. The van der Waals surface area contributed by atoms with Crippen molar-refractivity contribution in [3.63, 3.8) is 0 Å². The van der Waals surface area contributed by atoms with E-state index in [1.807, 2.05) is 6.92 Å². The molecule has 0 saturated heterocycles. The molecule has 0 bridgehead atoms. The number of nitrogens with zero attached hydrogens (tertiary/aromatic N) is 2. The van der Waals surface area contributed by atoms with Gasteiger partial charge in [0.25, 0.3) is 5.91 Å². The average Bonchev–Trinajstić information content (AvgIpc) is 3.00. The maximum Gasteiger partial charge on any atom is 0.416 e. The molecule has 0 N–H and O–H groups in total. The number of carbonyl (C=O) groups is 1. The van der Waals surface area contributed by atoms with Crippen LogP contribution in [0.15, 0.2) is 50.0 Å². The van der Waals surface area contributed by atoms with Crippen molar-refractivity contribution in [3.05, 3.63) is 56.0 Å². The average molecular weight is 562 g/mol. The number of hydrogen-bond donors (Lipinski definition) is 0. The lowest BCUT2D eigenvalue weighted by Gasteiger charge is -2.15. The molecule has 0 spiro atoms. The number of alkyl halides is 3. The number of methoxy groups -OCH3 is 1. The lowest BCUT2D eigenvalue weighted by atomic mass is 10.1. The zero-order chi connectivity index (χ0) is 22.9. The molecule has 0 radical (unpaired) electrons. The van der Waals surface area contributed by atoms with Gasteiger partial charge in [0, 0.05) is 4.47 Å². The first-order valence-electron chi connectivity index (χ1n) is 9.06. The summed E-state index contributed by atoms with van der Waals surface area (Å²) in [5, 5.41) is 5.13. The van der Waals surface area contributed by atoms with Crippen LogP contribution in [0.5, 0.6) is 11.5 Å². The molecule has 0 fully saturated rings. The van der Waals surface area contributed by atoms with E-state index in [1.54, 1.807) is 19.1 Å². The van der Waals surface area contributed by atoms with E-state index in [9.17, 15) is 18.0 Å². The first-order chi connectivity index (χ1) is 14.6. The van der Waals surface area contributed by atoms with Crippen LogP contribution < -0.4 is 14.5 Å². The maximum absolute atomic E-state index is 13.1. The quantitative estimate of drug-likeness (QED) is 0.394. The third-order valence-electron chi connectivity index (χ3n) is 4.44. The van der Waals surface area contributed by atoms with Crippen LogP contribution in [0, 0.1) is 0 Å². The molecule has 0 atom stereocenters. The number of amides is 1. The molecule has 10 heteroatoms. The molecule has 0 aliphatic carbocycles. The molecule has 1 amide bonds. The molecule has 164 valence electrons. The van der Waals surface area contributed by atoms with Gasteiger partial charge in [-0.3, -0.25) is 4.79 Å². The van der Waals surface area contributed by atoms with E-state index < -0.39 is 17.6 Å². The molecule has 2 aromatic carbocycles. The summed E-state index contributed by atoms with van der Waals surface area (Å²) < 4.78 is 51.4. The monoisotopic (exact) mass is 560 g/mol. The number of rotatable bonds is 5. The van der Waals surface area contributed by atoms with E-state index in [0.717, 1.165) is 17.1 Å². The number of carbonyl (C=O) groups excluding carboxylic acids is 1. The van der Waals surface area contributed by atoms with Crippen molar-refractivity contribution in [2.75, 3.05) is 18.7 Å². The Morgan fingerprint density at radius 1 is 1.19 bits per heavy atom. The number of halogens is 5. The molecule has 0 unspecified atom stereocenters. The Hall–Kier alpha value is -2.33. The molecular weight excluding hydrogens is 545 g/mol. The highest BCUT2D eigenvalue weighted by Crippen LogP contribution is 2.43. The van der Waals surface area contributed by atoms with E-state index in [1.165, 1.54) is 19.2 Å². The molecule has 1 aliphatic heterocycles. The molecule has 31 heavy (non-hydrogen) atoms. The molecule has 5 nitrogen and oxygen atoms in total. The van der Waals surface area contributed by atoms with Gasteiger partial charge >= 0.3 is 6.18 Å². The minimum absolute atomic E-state index is 0.0348. The summed E-state index contributed by atoms with van der Waals surface area (Å²) in [7, 11) is 1.51. The van der Waals surface area contributed by atoms with Gasteiger partial charge in [0.05, 0.1) is 40.7 Å². The highest BCUT2D eigenvalue weighted by molar-refractivity contribution is 9.13. The van der Waals surface area contributed by atoms with Crippen molar-refractivity contribution in [1.29, 1.82) is 0 Å². The SMILES string of the molecule is CCOc1cc(/C=C2/C(=O)N(c3cccc(C(F)(F)F)c3)N=C2C)c(Br)c(Br)c1OC. The fraction of sp³-hybridized carbons (Fsp3) is 0.238. The first-order valence-corrected chi connectivity index (χ1v) is 10.6. The Balaban J connectivity index is 2.03. The van der Waals surface area contributed by atoms with Crippen LogP contribution in [0.4, 0.5) is 18.9 Å². The highest BCUT2D eigenvalue weighted by atomic mass is 79.9. The Bertz CT molecular complexity index is 1100. The van der Waals surface area contributed by atoms with Crippen LogP contribution in [0.2, 0.25) is 0 Å². The lowest BCUT2D eigenvalue weighted by molar-refractivity contribution is -0.137. The molecule has 0 saturated carbocycles. The molecule has 0 aromatic heterocycles. The van der Waals surface area contributed by atoms with Gasteiger partial charge in [0.2, 0.25) is 0 Å². The van der Waals surface area contributed by atoms with Crippen molar-refractivity contribution < 1.29 is 27.4 Å². The molecule has 3 rings (SSSR count). The smallest absolute Gasteiger partial charge is 0.416 e. The lowest BCUT2D eigenvalue weighted by Crippen LogP contribution is -2.21. The molecular formula is C21H17Br2F3N2O3. The van der Waals surface area contributed by atoms with Crippen molar-refractivity contribution in [1.82, 2.24) is 0 Å². The van der Waals surface area contributed by atoms with Crippen LogP contribution in [-0.2, 0) is 11.0 Å². The Morgan fingerprint density at radius 2 is 1.90 bits per heavy atom. The fourth-order valence-electron chi connectivity index (χ4n) is 2.99. The minimum Gasteiger partial charge on any atom is -0.492 e. The van der Waals surface area contributed by atoms with Gasteiger partial charge in [-0.1, -0.05) is 6.07 Å². The summed E-state index contributed by atoms with van der Waals surface area (Å²) in [6.45, 7) is 3.86. The van der Waals surface area contributed by atoms with E-state index in [2.05, 4.69) is 37.0 Å². The summed E-state index contributed by atoms with van der Waals surface area (Å²) >= 11 is 6.93. The van der Waals surface area contributed by atoms with Crippen LogP contribution >= 0.6 is 31.9 Å². The summed E-state index contributed by atoms with van der Waals surface area (Å²) in [5.74, 6) is 0.430. The van der Waals surface area contributed by atoms with Crippen molar-refractivity contribution in [2.45, 2.75) is 20.0 Å². The largest absolute Gasteiger partial charge is 0.492 e. The second-order valence-corrected chi connectivity index (χ2v) is 8.05. The van der Waals surface area contributed by atoms with E-state index >= 15 is 0 Å². The van der Waals surface area contributed by atoms with Gasteiger partial charge in [-0.15, -0.1) is 0 Å². The number of anilines is 1. The number of benzene rings is 2. The summed E-state index contributed by atoms with van der Waals surface area (Å²) in [6.07, 6.45) is -2.92. The third kappa shape index (κ3) is 4.64. The van der Waals surface area contributed by atoms with Crippen LogP contribution in [0.3, 0.4) is 0 Å². The molecule has 1 aliphatic rings. The molecule has 1 heterocycles. The number of hydrogen-bond acceptors (Lipinski definition) is 4. The minimum atomic E-state index is -4.52. The topological polar surface area (TPSA) is 51.1 Å². The predicted molar refractivity (Wildman–Crippen MR) is 120 cm³/mol. The zero-order valence-corrected chi connectivity index (χ0v) is 19.9. The van der Waals surface area contributed by atoms with Gasteiger partial charge in [0.15, 0.2) is 11.5 Å². The van der Waals surface area contributed by atoms with Crippen LogP contribution in [-0.4, -0.2) is 25.3 Å². The highest BCUT2D eigenvalue weighted by Gasteiger charge is 2.33. The van der Waals surface area contributed by atoms with Gasteiger partial charge in [-0.05, 0) is 81.6 Å². The summed E-state index contributed by atoms with van der Waals surface area (Å²) in [6, 6.07) is 6.18. The zero-order valence-electron chi connectivity index (χ0n) is 16.7. The van der Waals surface area contributed by atoms with Crippen LogP contribution in [0.25, 0.3) is 6.08 Å². The van der Waals surface area contributed by atoms with Gasteiger partial charge in [-0.25, -0.2) is 0 Å². The van der Waals surface area contributed by atoms with Crippen molar-refractivity contribution in [3.8, 4) is 11.5 Å². The third-order valence-corrected chi connectivity index (χ3v) is 6.58. The Morgan fingerprint density at radius 3 is 2.52 bits per heavy atom. The van der Waals surface area contributed by atoms with Gasteiger partial charge < -0.3 is 9.47 Å². The number of hydrazone groups is 1. The number of ether oxygens (including phenoxy) is 2. The van der Waals surface area contributed by atoms with Gasteiger partial charge in [0.1, 0.15) is 0 Å². The summed E-state index contributed by atoms with van der Waals surface area (Å²) in [5.41, 5.74) is 0.413. The van der Waals surface area contributed by atoms with Crippen molar-refractivity contribution in [2.24, 2.45) is 5.10 Å². The first kappa shape index (κ1) is 23.3. The fourth-order valence-corrected chi connectivity index (χ4v) is 3.99. The predicted octanol–water partition coefficient (Wildman–Crippen LogP) is 6.44. The normalized spacial score (nSPS) is 15.5. The van der Waals surface area contributed by atoms with Gasteiger partial charge in [-0.2, -0.15) is 23.3 Å². The second kappa shape index (κ2) is 9.04. The standard InChI is InChI=1S/C21H17Br2F3N2O3/c1-4-31-16-9-12(17(22)18(23)19(16)30-3)8-15-11(2)27-28(20(15)29)14-7-5-6-13(10-14)21(24,25)26/h5-10H,4H2,1-3H3/b15-8+. The van der Waals surface area contributed by atoms with E-state index in [0.29, 0.717) is 38.3 Å². The van der Waals surface area contributed by atoms with Crippen LogP contribution in [0.1, 0.15) is 25.0 Å². The second-order valence-electron chi connectivity index (χ2n) is 6.47. The van der Waals surface area contributed by atoms with E-state index in [4.69, 9.17) is 9.47 Å². The Labute approximate surface area is 193 Å². The van der Waals surface area contributed by atoms with E-state index in [-0.39, 0.29) is 11.3 Å². The Kier molecular flexibility index (Phi) is 6.80. The van der Waals surface area contributed by atoms with Crippen molar-refractivity contribution >= 4 is 55.2 Å². The maximum atomic E-state index is 13.1.